The number of amides is 1. The van der Waals surface area contributed by atoms with Gasteiger partial charge in [-0.1, -0.05) is 0 Å². The van der Waals surface area contributed by atoms with Crippen molar-refractivity contribution in [2.75, 3.05) is 6.54 Å². The number of carboxylic acid groups (broad SMARTS) is 1. The van der Waals surface area contributed by atoms with Crippen LogP contribution < -0.4 is 0 Å². The third-order valence-electron chi connectivity index (χ3n) is 0.717. The first kappa shape index (κ1) is 7.67. The fourth-order valence-corrected chi connectivity index (χ4v) is 0.321. The molecule has 0 aliphatic heterocycles. The fraction of sp³-hybridized carbons (Fsp3) is 0.667. The van der Waals surface area contributed by atoms with E-state index in [1.165, 1.54) is 6.92 Å². The number of hydrazine groups is 1. The molecule has 6 heteroatoms. The average Bonchev–Trinajstić information content (AvgIpc) is 1.64. The van der Waals surface area contributed by atoms with Gasteiger partial charge >= 0.3 is 6.09 Å². The fourth-order valence-electron chi connectivity index (χ4n) is 0.321. The molecule has 0 saturated heterocycles. The zero-order valence-corrected chi connectivity index (χ0v) is 4.77. The number of carbonyl (C=O) groups is 1. The van der Waals surface area contributed by atoms with Gasteiger partial charge < -0.3 is 5.11 Å². The van der Waals surface area contributed by atoms with Crippen LogP contribution in [0, 0.1) is 10.1 Å². The van der Waals surface area contributed by atoms with Crippen LogP contribution in [0.1, 0.15) is 6.92 Å². The molecule has 1 amide bonds. The van der Waals surface area contributed by atoms with Gasteiger partial charge in [0.2, 0.25) is 0 Å². The van der Waals surface area contributed by atoms with Crippen LogP contribution in [-0.2, 0) is 0 Å². The summed E-state index contributed by atoms with van der Waals surface area (Å²) in [6.45, 7) is 1.25. The molecular formula is C3H6N2O4. The molecule has 0 atom stereocenters. The normalized spacial score (nSPS) is 8.56. The van der Waals surface area contributed by atoms with E-state index in [1.807, 2.05) is 0 Å². The highest BCUT2D eigenvalue weighted by atomic mass is 16.7. The first-order chi connectivity index (χ1) is 4.09. The third kappa shape index (κ3) is 1.94. The summed E-state index contributed by atoms with van der Waals surface area (Å²) in [5.74, 6) is 0. The maximum Gasteiger partial charge on any atom is 0.465 e. The van der Waals surface area contributed by atoms with E-state index in [9.17, 15) is 14.9 Å². The second-order valence-electron chi connectivity index (χ2n) is 1.24. The number of hydrogen-bond donors (Lipinski definition) is 1. The largest absolute Gasteiger partial charge is 0.465 e. The highest BCUT2D eigenvalue weighted by Gasteiger charge is 2.19. The Kier molecular flexibility index (Phi) is 2.43. The van der Waals surface area contributed by atoms with E-state index in [-0.39, 0.29) is 11.6 Å². The van der Waals surface area contributed by atoms with Gasteiger partial charge in [-0.3, -0.25) is 0 Å². The smallest absolute Gasteiger partial charge is 0.461 e. The number of nitrogens with zero attached hydrogens (tertiary/aromatic N) is 2. The monoisotopic (exact) mass is 134 g/mol. The molecule has 0 aliphatic carbocycles. The predicted molar refractivity (Wildman–Crippen MR) is 27.4 cm³/mol. The van der Waals surface area contributed by atoms with Crippen LogP contribution in [0.4, 0.5) is 4.79 Å². The molecule has 0 saturated carbocycles. The maximum atomic E-state index is 9.86. The van der Waals surface area contributed by atoms with Crippen LogP contribution in [-0.4, -0.2) is 27.8 Å². The molecule has 0 spiro atoms. The summed E-state index contributed by atoms with van der Waals surface area (Å²) >= 11 is 0. The van der Waals surface area contributed by atoms with Gasteiger partial charge in [0.1, 0.15) is 0 Å². The van der Waals surface area contributed by atoms with Crippen molar-refractivity contribution in [2.24, 2.45) is 0 Å². The van der Waals surface area contributed by atoms with Gasteiger partial charge in [-0.05, 0) is 11.9 Å². The molecule has 0 bridgehead atoms. The Labute approximate surface area is 50.8 Å². The first-order valence-electron chi connectivity index (χ1n) is 2.24. The van der Waals surface area contributed by atoms with E-state index in [4.69, 9.17) is 5.11 Å². The van der Waals surface area contributed by atoms with Crippen molar-refractivity contribution in [3.05, 3.63) is 10.1 Å². The summed E-state index contributed by atoms with van der Waals surface area (Å²) in [5, 5.41) is 16.9. The molecule has 9 heavy (non-hydrogen) atoms. The molecular weight excluding hydrogens is 128 g/mol. The van der Waals surface area contributed by atoms with Crippen molar-refractivity contribution < 1.29 is 14.9 Å². The van der Waals surface area contributed by atoms with Gasteiger partial charge in [0, 0.05) is 0 Å². The third-order valence-corrected chi connectivity index (χ3v) is 0.717. The summed E-state index contributed by atoms with van der Waals surface area (Å²) in [5.41, 5.74) is 0. The summed E-state index contributed by atoms with van der Waals surface area (Å²) < 4.78 is 0. The van der Waals surface area contributed by atoms with E-state index >= 15 is 0 Å². The number of hydrogen-bond acceptors (Lipinski definition) is 3. The standard InChI is InChI=1S/C3H6N2O4/c1-2-4(3(6)7)5(8)9/h2H2,1H3,(H,6,7). The lowest BCUT2D eigenvalue weighted by molar-refractivity contribution is -0.634. The van der Waals surface area contributed by atoms with Gasteiger partial charge in [-0.25, -0.2) is 14.9 Å². The molecule has 0 aromatic carbocycles. The van der Waals surface area contributed by atoms with Crippen molar-refractivity contribution in [3.63, 3.8) is 0 Å². The van der Waals surface area contributed by atoms with Crippen LogP contribution >= 0.6 is 0 Å². The summed E-state index contributed by atoms with van der Waals surface area (Å²) in [6.07, 6.45) is -1.54. The highest BCUT2D eigenvalue weighted by molar-refractivity contribution is 5.63. The molecule has 0 fully saturated rings. The summed E-state index contributed by atoms with van der Waals surface area (Å²) in [4.78, 5) is 19.6. The quantitative estimate of drug-likeness (QED) is 0.431. The van der Waals surface area contributed by atoms with Crippen molar-refractivity contribution in [1.29, 1.82) is 0 Å². The zero-order valence-electron chi connectivity index (χ0n) is 4.77. The van der Waals surface area contributed by atoms with Crippen molar-refractivity contribution in [1.82, 2.24) is 5.01 Å². The first-order valence-corrected chi connectivity index (χ1v) is 2.24. The molecule has 1 N–H and O–H groups in total. The molecule has 0 rings (SSSR count). The Morgan fingerprint density at radius 3 is 2.33 bits per heavy atom. The molecule has 0 heterocycles. The minimum absolute atomic E-state index is 0.0972. The lowest BCUT2D eigenvalue weighted by Gasteiger charge is -2.02. The van der Waals surface area contributed by atoms with Crippen LogP contribution in [0.5, 0.6) is 0 Å². The van der Waals surface area contributed by atoms with E-state index in [1.54, 1.807) is 0 Å². The van der Waals surface area contributed by atoms with E-state index < -0.39 is 11.1 Å². The molecule has 0 aliphatic rings. The second kappa shape index (κ2) is 2.85. The van der Waals surface area contributed by atoms with E-state index in [0.717, 1.165) is 0 Å². The average molecular weight is 134 g/mol. The molecule has 6 nitrogen and oxygen atoms in total. The Morgan fingerprint density at radius 2 is 2.33 bits per heavy atom. The molecule has 0 aromatic rings. The minimum atomic E-state index is -1.54. The van der Waals surface area contributed by atoms with Gasteiger partial charge in [0.05, 0.1) is 6.54 Å². The highest BCUT2D eigenvalue weighted by Crippen LogP contribution is 1.86. The van der Waals surface area contributed by atoms with Crippen molar-refractivity contribution in [2.45, 2.75) is 6.92 Å². The topological polar surface area (TPSA) is 83.7 Å². The second-order valence-corrected chi connectivity index (χ2v) is 1.24. The summed E-state index contributed by atoms with van der Waals surface area (Å²) in [6, 6.07) is 0. The Bertz CT molecular complexity index is 120. The lowest BCUT2D eigenvalue weighted by Crippen LogP contribution is -2.34. The summed E-state index contributed by atoms with van der Waals surface area (Å²) in [7, 11) is 0. The maximum absolute atomic E-state index is 9.86. The minimum Gasteiger partial charge on any atom is -0.461 e. The van der Waals surface area contributed by atoms with Crippen LogP contribution in [0.2, 0.25) is 0 Å². The number of nitro groups is 1. The SMILES string of the molecule is CCN(C(=O)O)[N+](=O)[O-]. The Hall–Kier alpha value is -1.33. The number of rotatable bonds is 2. The van der Waals surface area contributed by atoms with Crippen LogP contribution in [0.15, 0.2) is 0 Å². The predicted octanol–water partition coefficient (Wildman–Crippen LogP) is 0.178. The van der Waals surface area contributed by atoms with Gasteiger partial charge in [0.15, 0.2) is 5.03 Å². The van der Waals surface area contributed by atoms with Gasteiger partial charge in [0.25, 0.3) is 0 Å². The zero-order chi connectivity index (χ0) is 7.44. The Balaban J connectivity index is 3.99. The molecule has 0 unspecified atom stereocenters. The lowest BCUT2D eigenvalue weighted by atomic mass is 10.7. The van der Waals surface area contributed by atoms with Crippen LogP contribution in [0.25, 0.3) is 0 Å². The molecule has 0 radical (unpaired) electrons. The molecule has 52 valence electrons. The van der Waals surface area contributed by atoms with Gasteiger partial charge in [-0.15, -0.1) is 0 Å². The molecule has 0 aromatic heterocycles. The van der Waals surface area contributed by atoms with Crippen LogP contribution in [0.3, 0.4) is 0 Å². The van der Waals surface area contributed by atoms with Crippen molar-refractivity contribution in [3.8, 4) is 0 Å². The van der Waals surface area contributed by atoms with Crippen molar-refractivity contribution >= 4 is 6.09 Å². The van der Waals surface area contributed by atoms with E-state index in [0.29, 0.717) is 0 Å². The Morgan fingerprint density at radius 1 is 1.89 bits per heavy atom. The van der Waals surface area contributed by atoms with E-state index in [2.05, 4.69) is 0 Å². The van der Waals surface area contributed by atoms with Gasteiger partial charge in [-0.2, -0.15) is 0 Å².